The SMILES string of the molecule is CCCCC(C(=O)[O-])(C(=O)[O-])c1ccccc1.[K+].[Na+]. The molecule has 0 unspecified atom stereocenters. The zero-order valence-electron chi connectivity index (χ0n) is 11.6. The number of carboxylic acid groups (broad SMARTS) is 2. The summed E-state index contributed by atoms with van der Waals surface area (Å²) >= 11 is 0. The van der Waals surface area contributed by atoms with Gasteiger partial charge in [0.1, 0.15) is 0 Å². The van der Waals surface area contributed by atoms with E-state index in [1.807, 2.05) is 6.92 Å². The molecule has 0 atom stereocenters. The first-order chi connectivity index (χ1) is 8.05. The Kier molecular flexibility index (Phi) is 12.2. The van der Waals surface area contributed by atoms with E-state index in [1.54, 1.807) is 18.2 Å². The van der Waals surface area contributed by atoms with Crippen molar-refractivity contribution in [3.05, 3.63) is 35.9 Å². The second-order valence-electron chi connectivity index (χ2n) is 3.95. The van der Waals surface area contributed by atoms with Crippen molar-refractivity contribution in [2.75, 3.05) is 0 Å². The van der Waals surface area contributed by atoms with Crippen molar-refractivity contribution in [1.82, 2.24) is 0 Å². The smallest absolute Gasteiger partial charge is 0.549 e. The molecular formula is C13H14KNaO4. The van der Waals surface area contributed by atoms with Gasteiger partial charge in [0.05, 0.1) is 17.4 Å². The Balaban J connectivity index is 0. The fourth-order valence-electron chi connectivity index (χ4n) is 1.83. The van der Waals surface area contributed by atoms with Crippen LogP contribution in [0.25, 0.3) is 0 Å². The molecule has 0 heterocycles. The van der Waals surface area contributed by atoms with Crippen molar-refractivity contribution in [3.8, 4) is 0 Å². The third-order valence-corrected chi connectivity index (χ3v) is 2.87. The molecular weight excluding hydrogens is 282 g/mol. The minimum absolute atomic E-state index is 0. The van der Waals surface area contributed by atoms with E-state index < -0.39 is 17.4 Å². The van der Waals surface area contributed by atoms with Crippen molar-refractivity contribution in [2.24, 2.45) is 0 Å². The standard InChI is InChI=1S/C13H16O4.K.Na/c1-2-3-9-13(11(14)15,12(16)17)10-7-5-4-6-8-10;;/h4-8H,2-3,9H2,1H3,(H,14,15)(H,16,17);;/q;2*+1/p-2. The van der Waals surface area contributed by atoms with Crippen molar-refractivity contribution >= 4 is 11.9 Å². The Hall–Kier alpha value is 0.796. The summed E-state index contributed by atoms with van der Waals surface area (Å²) < 4.78 is 0. The van der Waals surface area contributed by atoms with E-state index in [1.165, 1.54) is 12.1 Å². The van der Waals surface area contributed by atoms with Crippen LogP contribution < -0.4 is 91.2 Å². The summed E-state index contributed by atoms with van der Waals surface area (Å²) in [4.78, 5) is 22.5. The maximum atomic E-state index is 11.2. The fraction of sp³-hybridized carbons (Fsp3) is 0.385. The van der Waals surface area contributed by atoms with Crippen LogP contribution in [0.1, 0.15) is 31.7 Å². The van der Waals surface area contributed by atoms with Gasteiger partial charge in [0.15, 0.2) is 0 Å². The molecule has 0 saturated carbocycles. The summed E-state index contributed by atoms with van der Waals surface area (Å²) in [5.41, 5.74) is -1.84. The third-order valence-electron chi connectivity index (χ3n) is 2.87. The van der Waals surface area contributed by atoms with E-state index in [-0.39, 0.29) is 92.9 Å². The average molecular weight is 296 g/mol. The van der Waals surface area contributed by atoms with Gasteiger partial charge in [0.25, 0.3) is 0 Å². The fourth-order valence-corrected chi connectivity index (χ4v) is 1.83. The number of rotatable bonds is 6. The number of carbonyl (C=O) groups excluding carboxylic acids is 2. The topological polar surface area (TPSA) is 80.3 Å². The summed E-state index contributed by atoms with van der Waals surface area (Å²) in [5.74, 6) is -3.23. The predicted octanol–water partition coefficient (Wildman–Crippen LogP) is -6.38. The molecule has 0 aromatic heterocycles. The molecule has 1 rings (SSSR count). The zero-order valence-corrected chi connectivity index (χ0v) is 16.8. The summed E-state index contributed by atoms with van der Waals surface area (Å²) in [6.07, 6.45) is 1.17. The van der Waals surface area contributed by atoms with E-state index in [0.29, 0.717) is 12.8 Å². The van der Waals surface area contributed by atoms with Crippen LogP contribution in [0.15, 0.2) is 30.3 Å². The van der Waals surface area contributed by atoms with E-state index in [0.717, 1.165) is 0 Å². The number of hydrogen-bond acceptors (Lipinski definition) is 4. The zero-order chi connectivity index (χ0) is 12.9. The van der Waals surface area contributed by atoms with Crippen LogP contribution in [-0.4, -0.2) is 11.9 Å². The van der Waals surface area contributed by atoms with E-state index >= 15 is 0 Å². The molecule has 0 amide bonds. The Labute approximate surface area is 177 Å². The number of carbonyl (C=O) groups is 2. The van der Waals surface area contributed by atoms with Crippen LogP contribution in [0.5, 0.6) is 0 Å². The van der Waals surface area contributed by atoms with Crippen molar-refractivity contribution in [2.45, 2.75) is 31.6 Å². The van der Waals surface area contributed by atoms with Crippen LogP contribution >= 0.6 is 0 Å². The van der Waals surface area contributed by atoms with Crippen molar-refractivity contribution in [1.29, 1.82) is 0 Å². The predicted molar refractivity (Wildman–Crippen MR) is 57.7 cm³/mol. The molecule has 0 aliphatic carbocycles. The van der Waals surface area contributed by atoms with E-state index in [9.17, 15) is 19.8 Å². The van der Waals surface area contributed by atoms with Gasteiger partial charge in [0, 0.05) is 0 Å². The van der Waals surface area contributed by atoms with E-state index in [4.69, 9.17) is 0 Å². The quantitative estimate of drug-likeness (QED) is 0.386. The molecule has 0 fully saturated rings. The van der Waals surface area contributed by atoms with Crippen LogP contribution in [0.4, 0.5) is 0 Å². The molecule has 92 valence electrons. The first-order valence-corrected chi connectivity index (χ1v) is 5.54. The van der Waals surface area contributed by atoms with Crippen LogP contribution in [0.3, 0.4) is 0 Å². The molecule has 0 spiro atoms. The van der Waals surface area contributed by atoms with E-state index in [2.05, 4.69) is 0 Å². The minimum atomic E-state index is -2.04. The van der Waals surface area contributed by atoms with Gasteiger partial charge in [-0.05, 0) is 12.0 Å². The largest absolute Gasteiger partial charge is 1.00 e. The number of carboxylic acids is 2. The van der Waals surface area contributed by atoms with Gasteiger partial charge >= 0.3 is 80.9 Å². The van der Waals surface area contributed by atoms with Gasteiger partial charge in [-0.3, -0.25) is 0 Å². The van der Waals surface area contributed by atoms with Gasteiger partial charge in [-0.25, -0.2) is 0 Å². The minimum Gasteiger partial charge on any atom is -0.549 e. The maximum Gasteiger partial charge on any atom is 1.00 e. The summed E-state index contributed by atoms with van der Waals surface area (Å²) in [6.45, 7) is 1.86. The molecule has 6 heteroatoms. The summed E-state index contributed by atoms with van der Waals surface area (Å²) in [7, 11) is 0. The van der Waals surface area contributed by atoms with Crippen LogP contribution in [-0.2, 0) is 15.0 Å². The molecule has 0 saturated heterocycles. The Morgan fingerprint density at radius 2 is 1.58 bits per heavy atom. The summed E-state index contributed by atoms with van der Waals surface area (Å²) in [5, 5.41) is 22.5. The van der Waals surface area contributed by atoms with Gasteiger partial charge < -0.3 is 19.8 Å². The average Bonchev–Trinajstić information content (AvgIpc) is 2.30. The Morgan fingerprint density at radius 1 is 1.11 bits per heavy atom. The van der Waals surface area contributed by atoms with Crippen molar-refractivity contribution in [3.63, 3.8) is 0 Å². The monoisotopic (exact) mass is 296 g/mol. The number of aliphatic carboxylic acids is 2. The number of benzene rings is 1. The normalized spacial score (nSPS) is 9.95. The number of hydrogen-bond donors (Lipinski definition) is 0. The molecule has 19 heavy (non-hydrogen) atoms. The molecule has 0 bridgehead atoms. The number of unbranched alkanes of at least 4 members (excludes halogenated alkanes) is 1. The third kappa shape index (κ3) is 5.25. The van der Waals surface area contributed by atoms with Gasteiger partial charge in [-0.1, -0.05) is 50.1 Å². The molecule has 0 N–H and O–H groups in total. The van der Waals surface area contributed by atoms with Gasteiger partial charge in [-0.2, -0.15) is 0 Å². The second kappa shape index (κ2) is 10.5. The van der Waals surface area contributed by atoms with Gasteiger partial charge in [-0.15, -0.1) is 0 Å². The molecule has 1 aromatic rings. The molecule has 0 radical (unpaired) electrons. The molecule has 4 nitrogen and oxygen atoms in total. The van der Waals surface area contributed by atoms with Gasteiger partial charge in [0.2, 0.25) is 0 Å². The Bertz CT molecular complexity index is 394. The molecule has 0 aliphatic heterocycles. The first-order valence-electron chi connectivity index (χ1n) is 5.54. The Morgan fingerprint density at radius 3 is 1.95 bits per heavy atom. The van der Waals surface area contributed by atoms with Crippen molar-refractivity contribution < 1.29 is 101 Å². The summed E-state index contributed by atoms with van der Waals surface area (Å²) in [6, 6.07) is 7.84. The maximum absolute atomic E-state index is 11.2. The van der Waals surface area contributed by atoms with Crippen LogP contribution in [0.2, 0.25) is 0 Å². The second-order valence-corrected chi connectivity index (χ2v) is 3.95. The molecule has 1 aromatic carbocycles. The molecule has 0 aliphatic rings. The van der Waals surface area contributed by atoms with Crippen LogP contribution in [0, 0.1) is 0 Å². The first kappa shape index (κ1) is 22.1.